The SMILES string of the molecule is CC(NC(=O)c1sc(N(C)C2CCOCC2)nc1C(F)(F)F)c1ccc(Cl)cc1. The Kier molecular flexibility index (Phi) is 6.70. The highest BCUT2D eigenvalue weighted by Crippen LogP contribution is 2.38. The number of hydrogen-bond acceptors (Lipinski definition) is 5. The molecule has 0 radical (unpaired) electrons. The van der Waals surface area contributed by atoms with Crippen molar-refractivity contribution in [1.29, 1.82) is 0 Å². The Morgan fingerprint density at radius 1 is 1.31 bits per heavy atom. The minimum absolute atomic E-state index is 0.0277. The molecule has 1 aliphatic heterocycles. The van der Waals surface area contributed by atoms with Crippen LogP contribution >= 0.6 is 22.9 Å². The number of carbonyl (C=O) groups excluding carboxylic acids is 1. The van der Waals surface area contributed by atoms with Crippen molar-refractivity contribution in [1.82, 2.24) is 10.3 Å². The molecule has 1 amide bonds. The smallest absolute Gasteiger partial charge is 0.381 e. The van der Waals surface area contributed by atoms with Crippen molar-refractivity contribution in [2.75, 3.05) is 25.2 Å². The van der Waals surface area contributed by atoms with Crippen LogP contribution in [0.4, 0.5) is 18.3 Å². The summed E-state index contributed by atoms with van der Waals surface area (Å²) in [5.74, 6) is -0.802. The molecule has 0 spiro atoms. The molecule has 0 aliphatic carbocycles. The third-order valence-electron chi connectivity index (χ3n) is 4.85. The molecule has 1 fully saturated rings. The molecule has 1 aliphatic rings. The topological polar surface area (TPSA) is 54.5 Å². The molecule has 158 valence electrons. The van der Waals surface area contributed by atoms with Crippen LogP contribution in [-0.4, -0.2) is 37.2 Å². The Labute approximate surface area is 175 Å². The first kappa shape index (κ1) is 21.9. The predicted molar refractivity (Wildman–Crippen MR) is 107 cm³/mol. The van der Waals surface area contributed by atoms with Gasteiger partial charge in [-0.05, 0) is 37.5 Å². The van der Waals surface area contributed by atoms with Crippen LogP contribution in [0.1, 0.15) is 46.7 Å². The van der Waals surface area contributed by atoms with Crippen molar-refractivity contribution in [3.05, 3.63) is 45.4 Å². The molecule has 1 aromatic heterocycles. The van der Waals surface area contributed by atoms with Gasteiger partial charge in [0.25, 0.3) is 5.91 Å². The lowest BCUT2D eigenvalue weighted by Gasteiger charge is -2.30. The third-order valence-corrected chi connectivity index (χ3v) is 6.25. The van der Waals surface area contributed by atoms with E-state index in [-0.39, 0.29) is 11.2 Å². The second-order valence-electron chi connectivity index (χ2n) is 6.87. The maximum Gasteiger partial charge on any atom is 0.435 e. The number of anilines is 1. The number of alkyl halides is 3. The van der Waals surface area contributed by atoms with Crippen molar-refractivity contribution in [2.45, 2.75) is 38.0 Å². The number of carbonyl (C=O) groups is 1. The number of aromatic nitrogens is 1. The summed E-state index contributed by atoms with van der Waals surface area (Å²) in [6.45, 7) is 2.81. The minimum Gasteiger partial charge on any atom is -0.381 e. The average molecular weight is 448 g/mol. The lowest BCUT2D eigenvalue weighted by Crippen LogP contribution is -2.36. The van der Waals surface area contributed by atoms with Gasteiger partial charge in [-0.15, -0.1) is 0 Å². The number of halogens is 4. The Balaban J connectivity index is 1.83. The maximum absolute atomic E-state index is 13.5. The van der Waals surface area contributed by atoms with Crippen molar-refractivity contribution in [3.8, 4) is 0 Å². The zero-order valence-electron chi connectivity index (χ0n) is 15.9. The van der Waals surface area contributed by atoms with Crippen LogP contribution in [-0.2, 0) is 10.9 Å². The predicted octanol–water partition coefficient (Wildman–Crippen LogP) is 4.92. The number of ether oxygens (including phenoxy) is 1. The van der Waals surface area contributed by atoms with Crippen molar-refractivity contribution >= 4 is 34.0 Å². The first-order chi connectivity index (χ1) is 13.7. The van der Waals surface area contributed by atoms with Crippen molar-refractivity contribution in [2.24, 2.45) is 0 Å². The fourth-order valence-corrected chi connectivity index (χ4v) is 4.28. The molecule has 1 unspecified atom stereocenters. The van der Waals surface area contributed by atoms with Crippen LogP contribution in [0.25, 0.3) is 0 Å². The number of thiazole rings is 1. The molecule has 1 atom stereocenters. The lowest BCUT2D eigenvalue weighted by molar-refractivity contribution is -0.141. The van der Waals surface area contributed by atoms with Gasteiger partial charge in [-0.1, -0.05) is 35.1 Å². The fraction of sp³-hybridized carbons (Fsp3) is 0.474. The third kappa shape index (κ3) is 5.21. The summed E-state index contributed by atoms with van der Waals surface area (Å²) in [6.07, 6.45) is -3.32. The molecule has 29 heavy (non-hydrogen) atoms. The molecule has 1 N–H and O–H groups in total. The molecule has 2 heterocycles. The van der Waals surface area contributed by atoms with Crippen LogP contribution in [0.5, 0.6) is 0 Å². The normalized spacial score (nSPS) is 16.5. The van der Waals surface area contributed by atoms with E-state index in [0.29, 0.717) is 31.1 Å². The van der Waals surface area contributed by atoms with Gasteiger partial charge in [-0.2, -0.15) is 13.2 Å². The van der Waals surface area contributed by atoms with Gasteiger partial charge in [0.05, 0.1) is 6.04 Å². The van der Waals surface area contributed by atoms with E-state index in [9.17, 15) is 18.0 Å². The molecule has 1 aromatic carbocycles. The Bertz CT molecular complexity index is 851. The summed E-state index contributed by atoms with van der Waals surface area (Å²) in [7, 11) is 1.70. The summed E-state index contributed by atoms with van der Waals surface area (Å²) in [5, 5.41) is 3.34. The second kappa shape index (κ2) is 8.89. The van der Waals surface area contributed by atoms with Crippen LogP contribution in [0.15, 0.2) is 24.3 Å². The molecule has 0 saturated carbocycles. The number of hydrogen-bond donors (Lipinski definition) is 1. The number of rotatable bonds is 5. The highest BCUT2D eigenvalue weighted by atomic mass is 35.5. The molecule has 2 aromatic rings. The summed E-state index contributed by atoms with van der Waals surface area (Å²) in [6, 6.07) is 6.30. The molecular weight excluding hydrogens is 427 g/mol. The van der Waals surface area contributed by atoms with Gasteiger partial charge in [0.15, 0.2) is 10.8 Å². The second-order valence-corrected chi connectivity index (χ2v) is 8.29. The van der Waals surface area contributed by atoms with E-state index >= 15 is 0 Å². The van der Waals surface area contributed by atoms with E-state index in [0.717, 1.165) is 16.9 Å². The van der Waals surface area contributed by atoms with Crippen LogP contribution < -0.4 is 10.2 Å². The number of nitrogens with zero attached hydrogens (tertiary/aromatic N) is 2. The van der Waals surface area contributed by atoms with E-state index in [2.05, 4.69) is 10.3 Å². The average Bonchev–Trinajstić information content (AvgIpc) is 3.14. The number of nitrogens with one attached hydrogen (secondary N) is 1. The first-order valence-electron chi connectivity index (χ1n) is 9.11. The highest BCUT2D eigenvalue weighted by Gasteiger charge is 2.40. The Hall–Kier alpha value is -1.84. The fourth-order valence-electron chi connectivity index (χ4n) is 3.13. The summed E-state index contributed by atoms with van der Waals surface area (Å²) >= 11 is 6.61. The first-order valence-corrected chi connectivity index (χ1v) is 10.3. The summed E-state index contributed by atoms with van der Waals surface area (Å²) < 4.78 is 45.9. The zero-order valence-corrected chi connectivity index (χ0v) is 17.5. The highest BCUT2D eigenvalue weighted by molar-refractivity contribution is 7.17. The van der Waals surface area contributed by atoms with Gasteiger partial charge in [-0.25, -0.2) is 4.98 Å². The maximum atomic E-state index is 13.5. The van der Waals surface area contributed by atoms with E-state index in [4.69, 9.17) is 16.3 Å². The quantitative estimate of drug-likeness (QED) is 0.706. The van der Waals surface area contributed by atoms with E-state index < -0.39 is 28.7 Å². The molecule has 0 bridgehead atoms. The molecule has 1 saturated heterocycles. The number of benzene rings is 1. The van der Waals surface area contributed by atoms with Crippen molar-refractivity contribution in [3.63, 3.8) is 0 Å². The molecule has 5 nitrogen and oxygen atoms in total. The van der Waals surface area contributed by atoms with Crippen LogP contribution in [0.3, 0.4) is 0 Å². The van der Waals surface area contributed by atoms with E-state index in [1.54, 1.807) is 43.1 Å². The van der Waals surface area contributed by atoms with Crippen molar-refractivity contribution < 1.29 is 22.7 Å². The van der Waals surface area contributed by atoms with Crippen LogP contribution in [0, 0.1) is 0 Å². The molecular formula is C19H21ClF3N3O2S. The number of amides is 1. The Morgan fingerprint density at radius 3 is 2.52 bits per heavy atom. The van der Waals surface area contributed by atoms with Gasteiger partial charge in [0, 0.05) is 31.3 Å². The minimum atomic E-state index is -4.72. The van der Waals surface area contributed by atoms with E-state index in [1.165, 1.54) is 0 Å². The zero-order chi connectivity index (χ0) is 21.2. The van der Waals surface area contributed by atoms with Gasteiger partial charge in [0.2, 0.25) is 0 Å². The van der Waals surface area contributed by atoms with Gasteiger partial charge >= 0.3 is 6.18 Å². The largest absolute Gasteiger partial charge is 0.435 e. The summed E-state index contributed by atoms with van der Waals surface area (Å²) in [4.78, 5) is 17.7. The van der Waals surface area contributed by atoms with Crippen LogP contribution in [0.2, 0.25) is 5.02 Å². The monoisotopic (exact) mass is 447 g/mol. The van der Waals surface area contributed by atoms with E-state index in [1.807, 2.05) is 0 Å². The Morgan fingerprint density at radius 2 is 1.93 bits per heavy atom. The van der Waals surface area contributed by atoms with Gasteiger partial charge in [-0.3, -0.25) is 4.79 Å². The van der Waals surface area contributed by atoms with Gasteiger partial charge < -0.3 is 15.0 Å². The lowest BCUT2D eigenvalue weighted by atomic mass is 10.1. The molecule has 10 heteroatoms. The van der Waals surface area contributed by atoms with Gasteiger partial charge in [0.1, 0.15) is 4.88 Å². The summed E-state index contributed by atoms with van der Waals surface area (Å²) in [5.41, 5.74) is -0.419. The standard InChI is InChI=1S/C19H21ClF3N3O2S/c1-11(12-3-5-13(20)6-4-12)24-17(27)15-16(19(21,22)23)25-18(29-15)26(2)14-7-9-28-10-8-14/h3-6,11,14H,7-10H2,1-2H3,(H,24,27). The molecule has 3 rings (SSSR count).